The van der Waals surface area contributed by atoms with Gasteiger partial charge in [0.1, 0.15) is 0 Å². The molecule has 1 saturated carbocycles. The largest absolute Gasteiger partial charge is 0.383 e. The van der Waals surface area contributed by atoms with Crippen molar-refractivity contribution in [2.24, 2.45) is 0 Å². The highest BCUT2D eigenvalue weighted by Gasteiger charge is 2.19. The van der Waals surface area contributed by atoms with Gasteiger partial charge in [0.05, 0.1) is 6.61 Å². The van der Waals surface area contributed by atoms with E-state index < -0.39 is 0 Å². The first-order valence-corrected chi connectivity index (χ1v) is 7.27. The summed E-state index contributed by atoms with van der Waals surface area (Å²) in [7, 11) is 3.91. The van der Waals surface area contributed by atoms with Crippen molar-refractivity contribution in [2.45, 2.75) is 31.8 Å². The number of nitrogens with zero attached hydrogens (tertiary/aromatic N) is 1. The third-order valence-corrected chi connectivity index (χ3v) is 3.64. The highest BCUT2D eigenvalue weighted by Crippen LogP contribution is 2.19. The van der Waals surface area contributed by atoms with Gasteiger partial charge >= 0.3 is 0 Å². The van der Waals surface area contributed by atoms with Crippen molar-refractivity contribution in [1.29, 1.82) is 0 Å². The lowest BCUT2D eigenvalue weighted by atomic mass is 10.0. The van der Waals surface area contributed by atoms with Crippen LogP contribution in [0, 0.1) is 0 Å². The Bertz CT molecular complexity index is 377. The molecule has 0 bridgehead atoms. The lowest BCUT2D eigenvalue weighted by molar-refractivity contribution is 0.158. The van der Waals surface area contributed by atoms with Crippen LogP contribution in [0.4, 0.5) is 0 Å². The van der Waals surface area contributed by atoms with Crippen molar-refractivity contribution in [3.05, 3.63) is 35.4 Å². The Morgan fingerprint density at radius 3 is 2.68 bits per heavy atom. The molecule has 0 heterocycles. The fourth-order valence-electron chi connectivity index (χ4n) is 2.27. The number of likely N-dealkylation sites (N-methyl/N-ethyl adjacent to an activating group) is 1. The zero-order chi connectivity index (χ0) is 13.5. The summed E-state index contributed by atoms with van der Waals surface area (Å²) >= 11 is 0. The van der Waals surface area contributed by atoms with Crippen LogP contribution >= 0.6 is 0 Å². The molecule has 3 heteroatoms. The van der Waals surface area contributed by atoms with Gasteiger partial charge in [-0.15, -0.1) is 0 Å². The fraction of sp³-hybridized carbons (Fsp3) is 0.625. The van der Waals surface area contributed by atoms with E-state index in [1.54, 1.807) is 7.11 Å². The molecule has 1 N–H and O–H groups in total. The minimum Gasteiger partial charge on any atom is -0.383 e. The Morgan fingerprint density at radius 2 is 2.00 bits per heavy atom. The standard InChI is InChI=1S/C16H26N2O/c1-18(11-12-19-2)13-15-6-4-3-5-14(15)9-10-17-16-7-8-16/h3-6,16-17H,7-13H2,1-2H3. The van der Waals surface area contributed by atoms with Gasteiger partial charge in [0, 0.05) is 26.2 Å². The van der Waals surface area contributed by atoms with E-state index in [0.717, 1.165) is 38.7 Å². The molecule has 3 nitrogen and oxygen atoms in total. The van der Waals surface area contributed by atoms with Gasteiger partial charge < -0.3 is 10.1 Å². The summed E-state index contributed by atoms with van der Waals surface area (Å²) in [5, 5.41) is 3.59. The topological polar surface area (TPSA) is 24.5 Å². The van der Waals surface area contributed by atoms with Gasteiger partial charge in [-0.2, -0.15) is 0 Å². The molecule has 1 fully saturated rings. The van der Waals surface area contributed by atoms with Crippen LogP contribution in [0.5, 0.6) is 0 Å². The van der Waals surface area contributed by atoms with Gasteiger partial charge in [-0.3, -0.25) is 4.90 Å². The van der Waals surface area contributed by atoms with E-state index in [1.807, 2.05) is 0 Å². The molecule has 19 heavy (non-hydrogen) atoms. The molecule has 0 spiro atoms. The van der Waals surface area contributed by atoms with Crippen LogP contribution in [0.2, 0.25) is 0 Å². The van der Waals surface area contributed by atoms with Crippen molar-refractivity contribution in [3.63, 3.8) is 0 Å². The van der Waals surface area contributed by atoms with E-state index >= 15 is 0 Å². The Balaban J connectivity index is 1.83. The molecule has 0 aliphatic heterocycles. The van der Waals surface area contributed by atoms with Crippen LogP contribution in [0.3, 0.4) is 0 Å². The SMILES string of the molecule is COCCN(C)Cc1ccccc1CCNC1CC1. The molecule has 0 unspecified atom stereocenters. The number of nitrogens with one attached hydrogen (secondary N) is 1. The van der Waals surface area contributed by atoms with Crippen LogP contribution in [0.25, 0.3) is 0 Å². The van der Waals surface area contributed by atoms with Crippen LogP contribution in [-0.2, 0) is 17.7 Å². The average Bonchev–Trinajstić information content (AvgIpc) is 3.22. The predicted molar refractivity (Wildman–Crippen MR) is 79.4 cm³/mol. The second kappa shape index (κ2) is 7.63. The minimum absolute atomic E-state index is 0.794. The Hall–Kier alpha value is -0.900. The van der Waals surface area contributed by atoms with Crippen LogP contribution in [0.15, 0.2) is 24.3 Å². The highest BCUT2D eigenvalue weighted by molar-refractivity contribution is 5.27. The molecule has 0 aromatic heterocycles. The maximum Gasteiger partial charge on any atom is 0.0589 e. The Labute approximate surface area is 116 Å². The molecule has 1 aromatic carbocycles. The normalized spacial score (nSPS) is 15.1. The van der Waals surface area contributed by atoms with E-state index in [-0.39, 0.29) is 0 Å². The summed E-state index contributed by atoms with van der Waals surface area (Å²) in [4.78, 5) is 2.32. The van der Waals surface area contributed by atoms with Crippen LogP contribution in [0.1, 0.15) is 24.0 Å². The van der Waals surface area contributed by atoms with E-state index in [4.69, 9.17) is 4.74 Å². The highest BCUT2D eigenvalue weighted by atomic mass is 16.5. The van der Waals surface area contributed by atoms with Crippen molar-refractivity contribution in [1.82, 2.24) is 10.2 Å². The van der Waals surface area contributed by atoms with Gasteiger partial charge in [0.2, 0.25) is 0 Å². The molecule has 1 aliphatic carbocycles. The van der Waals surface area contributed by atoms with Crippen molar-refractivity contribution in [2.75, 3.05) is 33.9 Å². The fourth-order valence-corrected chi connectivity index (χ4v) is 2.27. The molecular formula is C16H26N2O. The number of rotatable bonds is 9. The molecule has 0 saturated heterocycles. The number of ether oxygens (including phenoxy) is 1. The molecule has 106 valence electrons. The number of hydrogen-bond acceptors (Lipinski definition) is 3. The monoisotopic (exact) mass is 262 g/mol. The van der Waals surface area contributed by atoms with Gasteiger partial charge in [0.25, 0.3) is 0 Å². The summed E-state index contributed by atoms with van der Waals surface area (Å²) in [6.45, 7) is 3.87. The first-order valence-electron chi connectivity index (χ1n) is 7.27. The second-order valence-corrected chi connectivity index (χ2v) is 5.48. The Kier molecular flexibility index (Phi) is 5.83. The van der Waals surface area contributed by atoms with E-state index in [1.165, 1.54) is 24.0 Å². The summed E-state index contributed by atoms with van der Waals surface area (Å²) in [6, 6.07) is 9.59. The summed E-state index contributed by atoms with van der Waals surface area (Å²) in [5.41, 5.74) is 2.92. The maximum absolute atomic E-state index is 5.13. The van der Waals surface area contributed by atoms with E-state index in [2.05, 4.69) is 41.5 Å². The molecular weight excluding hydrogens is 236 g/mol. The quantitative estimate of drug-likeness (QED) is 0.737. The van der Waals surface area contributed by atoms with Gasteiger partial charge in [0.15, 0.2) is 0 Å². The van der Waals surface area contributed by atoms with E-state index in [9.17, 15) is 0 Å². The lowest BCUT2D eigenvalue weighted by Gasteiger charge is -2.18. The smallest absolute Gasteiger partial charge is 0.0589 e. The average molecular weight is 262 g/mol. The second-order valence-electron chi connectivity index (χ2n) is 5.48. The maximum atomic E-state index is 5.13. The minimum atomic E-state index is 0.794. The van der Waals surface area contributed by atoms with Crippen molar-refractivity contribution in [3.8, 4) is 0 Å². The zero-order valence-electron chi connectivity index (χ0n) is 12.2. The summed E-state index contributed by atoms with van der Waals surface area (Å²) in [6.07, 6.45) is 3.85. The lowest BCUT2D eigenvalue weighted by Crippen LogP contribution is -2.24. The van der Waals surface area contributed by atoms with Crippen molar-refractivity contribution >= 4 is 0 Å². The summed E-state index contributed by atoms with van der Waals surface area (Å²) in [5.74, 6) is 0. The number of methoxy groups -OCH3 is 1. The van der Waals surface area contributed by atoms with E-state index in [0.29, 0.717) is 0 Å². The zero-order valence-corrected chi connectivity index (χ0v) is 12.2. The molecule has 0 amide bonds. The third-order valence-electron chi connectivity index (χ3n) is 3.64. The summed E-state index contributed by atoms with van der Waals surface area (Å²) < 4.78 is 5.13. The van der Waals surface area contributed by atoms with Gasteiger partial charge in [-0.1, -0.05) is 24.3 Å². The molecule has 2 rings (SSSR count). The molecule has 0 atom stereocenters. The van der Waals surface area contributed by atoms with Gasteiger partial charge in [-0.25, -0.2) is 0 Å². The first-order chi connectivity index (χ1) is 9.29. The van der Waals surface area contributed by atoms with Crippen LogP contribution < -0.4 is 5.32 Å². The molecule has 0 radical (unpaired) electrons. The molecule has 1 aliphatic rings. The number of benzene rings is 1. The Morgan fingerprint density at radius 1 is 1.26 bits per heavy atom. The molecule has 1 aromatic rings. The first kappa shape index (κ1) is 14.5. The third kappa shape index (κ3) is 5.31. The predicted octanol–water partition coefficient (Wildman–Crippen LogP) is 2.06. The van der Waals surface area contributed by atoms with Gasteiger partial charge in [-0.05, 0) is 44.0 Å². The van der Waals surface area contributed by atoms with Crippen molar-refractivity contribution < 1.29 is 4.74 Å². The van der Waals surface area contributed by atoms with Crippen LogP contribution in [-0.4, -0.2) is 44.8 Å². The number of hydrogen-bond donors (Lipinski definition) is 1.